The molecular weight excluding hydrogens is 398 g/mol. The number of nitrogens with zero attached hydrogens (tertiary/aromatic N) is 4. The lowest BCUT2D eigenvalue weighted by Gasteiger charge is -2.38. The van der Waals surface area contributed by atoms with Crippen LogP contribution in [-0.2, 0) is 9.59 Å². The summed E-state index contributed by atoms with van der Waals surface area (Å²) in [4.78, 5) is 42.5. The van der Waals surface area contributed by atoms with E-state index in [0.717, 1.165) is 12.0 Å². The van der Waals surface area contributed by atoms with Crippen LogP contribution in [0, 0.1) is 11.3 Å². The third-order valence-electron chi connectivity index (χ3n) is 6.78. The summed E-state index contributed by atoms with van der Waals surface area (Å²) < 4.78 is 0. The highest BCUT2D eigenvalue weighted by atomic mass is 16.4. The monoisotopic (exact) mass is 425 g/mol. The zero-order valence-corrected chi connectivity index (χ0v) is 17.5. The topological polar surface area (TPSA) is 131 Å². The van der Waals surface area contributed by atoms with Crippen LogP contribution in [0.1, 0.15) is 48.1 Å². The molecule has 0 aromatic heterocycles. The van der Waals surface area contributed by atoms with Gasteiger partial charge < -0.3 is 20.6 Å². The van der Waals surface area contributed by atoms with E-state index in [0.29, 0.717) is 25.9 Å². The number of carboxylic acid groups (broad SMARTS) is 1. The third kappa shape index (κ3) is 3.77. The Kier molecular flexibility index (Phi) is 5.69. The molecular formula is C22H27N5O4. The molecule has 3 N–H and O–H groups in total. The van der Waals surface area contributed by atoms with Gasteiger partial charge in [-0.25, -0.2) is 4.79 Å². The van der Waals surface area contributed by atoms with Gasteiger partial charge in [0, 0.05) is 25.7 Å². The standard InChI is InChI=1S/C22H27N5O4/c1-13(14-4-2-5-15(8-14)22(30)31)27-17-9-19(21(27)29)25(11-17)12-18(24)20(28)26-7-3-6-16(26)10-23/h2,4-5,8,13,16-19H,3,6-7,9,11-12,24H2,1H3,(H,30,31)/t13-,16-,17?,18-,19-/m0/s1. The molecule has 164 valence electrons. The number of hydrogen-bond acceptors (Lipinski definition) is 6. The summed E-state index contributed by atoms with van der Waals surface area (Å²) in [5.74, 6) is -1.24. The molecule has 3 fully saturated rings. The molecule has 3 aliphatic rings. The molecule has 3 saturated heterocycles. The van der Waals surface area contributed by atoms with Crippen molar-refractivity contribution in [3.8, 4) is 6.07 Å². The Bertz CT molecular complexity index is 944. The number of fused-ring (bicyclic) bond motifs is 2. The first-order valence-corrected chi connectivity index (χ1v) is 10.7. The van der Waals surface area contributed by atoms with E-state index in [2.05, 4.69) is 6.07 Å². The number of piperazine rings is 1. The molecule has 0 spiro atoms. The maximum absolute atomic E-state index is 13.1. The van der Waals surface area contributed by atoms with Gasteiger partial charge in [0.15, 0.2) is 0 Å². The van der Waals surface area contributed by atoms with Crippen LogP contribution < -0.4 is 5.73 Å². The number of nitrogens with two attached hydrogens (primary N) is 1. The van der Waals surface area contributed by atoms with Crippen molar-refractivity contribution in [2.45, 2.75) is 56.4 Å². The Morgan fingerprint density at radius 1 is 1.39 bits per heavy atom. The molecule has 0 aliphatic carbocycles. The van der Waals surface area contributed by atoms with Crippen LogP contribution in [0.4, 0.5) is 0 Å². The van der Waals surface area contributed by atoms with Crippen LogP contribution in [0.5, 0.6) is 0 Å². The lowest BCUT2D eigenvalue weighted by molar-refractivity contribution is -0.140. The molecule has 9 nitrogen and oxygen atoms in total. The molecule has 9 heteroatoms. The van der Waals surface area contributed by atoms with E-state index in [1.807, 2.05) is 22.8 Å². The Labute approximate surface area is 181 Å². The highest BCUT2D eigenvalue weighted by Crippen LogP contribution is 2.38. The summed E-state index contributed by atoms with van der Waals surface area (Å²) in [5, 5.41) is 18.5. The quantitative estimate of drug-likeness (QED) is 0.681. The molecule has 2 amide bonds. The second-order valence-electron chi connectivity index (χ2n) is 8.64. The van der Waals surface area contributed by atoms with E-state index in [9.17, 15) is 24.8 Å². The van der Waals surface area contributed by atoms with Crippen molar-refractivity contribution >= 4 is 17.8 Å². The smallest absolute Gasteiger partial charge is 0.335 e. The zero-order valence-electron chi connectivity index (χ0n) is 17.5. The second kappa shape index (κ2) is 8.29. The maximum atomic E-state index is 13.1. The lowest BCUT2D eigenvalue weighted by atomic mass is 10.0. The number of carbonyl (C=O) groups excluding carboxylic acids is 2. The van der Waals surface area contributed by atoms with E-state index < -0.39 is 18.1 Å². The minimum Gasteiger partial charge on any atom is -0.478 e. The molecule has 3 aliphatic heterocycles. The van der Waals surface area contributed by atoms with Crippen molar-refractivity contribution < 1.29 is 19.5 Å². The number of benzene rings is 1. The van der Waals surface area contributed by atoms with E-state index in [1.165, 1.54) is 6.07 Å². The minimum absolute atomic E-state index is 0.00179. The van der Waals surface area contributed by atoms with E-state index in [4.69, 9.17) is 5.73 Å². The molecule has 0 saturated carbocycles. The summed E-state index contributed by atoms with van der Waals surface area (Å²) in [6, 6.07) is 7.11. The number of likely N-dealkylation sites (tertiary alicyclic amines) is 3. The average Bonchev–Trinajstić information content (AvgIpc) is 3.47. The first-order chi connectivity index (χ1) is 14.8. The summed E-state index contributed by atoms with van der Waals surface area (Å²) in [6.07, 6.45) is 2.16. The third-order valence-corrected chi connectivity index (χ3v) is 6.78. The van der Waals surface area contributed by atoms with Gasteiger partial charge in [0.05, 0.1) is 29.8 Å². The second-order valence-corrected chi connectivity index (χ2v) is 8.64. The van der Waals surface area contributed by atoms with Crippen LogP contribution in [-0.4, -0.2) is 81.4 Å². The lowest BCUT2D eigenvalue weighted by Crippen LogP contribution is -2.56. The number of amides is 2. The van der Waals surface area contributed by atoms with Crippen molar-refractivity contribution in [2.24, 2.45) is 5.73 Å². The van der Waals surface area contributed by atoms with Crippen molar-refractivity contribution in [1.29, 1.82) is 5.26 Å². The first kappa shape index (κ1) is 21.3. The number of aromatic carboxylic acids is 1. The summed E-state index contributed by atoms with van der Waals surface area (Å²) >= 11 is 0. The van der Waals surface area contributed by atoms with E-state index in [1.54, 1.807) is 17.0 Å². The Hall–Kier alpha value is -2.96. The summed E-state index contributed by atoms with van der Waals surface area (Å²) in [5.41, 5.74) is 7.17. The zero-order chi connectivity index (χ0) is 22.3. The Morgan fingerprint density at radius 3 is 2.84 bits per heavy atom. The molecule has 3 heterocycles. The fourth-order valence-corrected chi connectivity index (χ4v) is 5.20. The highest BCUT2D eigenvalue weighted by molar-refractivity contribution is 5.88. The van der Waals surface area contributed by atoms with Crippen molar-refractivity contribution in [3.63, 3.8) is 0 Å². The fourth-order valence-electron chi connectivity index (χ4n) is 5.20. The van der Waals surface area contributed by atoms with Gasteiger partial charge in [0.1, 0.15) is 6.04 Å². The number of carboxylic acids is 1. The summed E-state index contributed by atoms with van der Waals surface area (Å²) in [7, 11) is 0. The van der Waals surface area contributed by atoms with Gasteiger partial charge in [-0.05, 0) is 43.9 Å². The van der Waals surface area contributed by atoms with Gasteiger partial charge in [-0.2, -0.15) is 5.26 Å². The van der Waals surface area contributed by atoms with Crippen LogP contribution in [0.3, 0.4) is 0 Å². The normalized spacial score (nSPS) is 27.4. The number of rotatable bonds is 6. The van der Waals surface area contributed by atoms with E-state index in [-0.39, 0.29) is 42.0 Å². The van der Waals surface area contributed by atoms with Gasteiger partial charge in [0.25, 0.3) is 0 Å². The predicted octanol–water partition coefficient (Wildman–Crippen LogP) is 0.573. The molecule has 1 aromatic carbocycles. The van der Waals surface area contributed by atoms with Crippen molar-refractivity contribution in [3.05, 3.63) is 35.4 Å². The molecule has 31 heavy (non-hydrogen) atoms. The maximum Gasteiger partial charge on any atom is 0.335 e. The minimum atomic E-state index is -0.996. The molecule has 1 aromatic rings. The number of hydrogen-bond donors (Lipinski definition) is 2. The molecule has 5 atom stereocenters. The van der Waals surface area contributed by atoms with Gasteiger partial charge in [0.2, 0.25) is 11.8 Å². The molecule has 2 bridgehead atoms. The first-order valence-electron chi connectivity index (χ1n) is 10.7. The van der Waals surface area contributed by atoms with Crippen LogP contribution in [0.15, 0.2) is 24.3 Å². The van der Waals surface area contributed by atoms with Gasteiger partial charge in [-0.1, -0.05) is 12.1 Å². The molecule has 0 radical (unpaired) electrons. The van der Waals surface area contributed by atoms with Crippen molar-refractivity contribution in [1.82, 2.24) is 14.7 Å². The highest BCUT2D eigenvalue weighted by Gasteiger charge is 2.51. The predicted molar refractivity (Wildman–Crippen MR) is 111 cm³/mol. The SMILES string of the molecule is C[C@@H](c1cccc(C(=O)O)c1)N1C(=O)[C@@H]2CC1CN2C[C@H](N)C(=O)N1CCC[C@H]1C#N. The van der Waals surface area contributed by atoms with Crippen LogP contribution >= 0.6 is 0 Å². The molecule has 1 unspecified atom stereocenters. The van der Waals surface area contributed by atoms with Crippen LogP contribution in [0.25, 0.3) is 0 Å². The largest absolute Gasteiger partial charge is 0.478 e. The van der Waals surface area contributed by atoms with Gasteiger partial charge in [-0.3, -0.25) is 14.5 Å². The van der Waals surface area contributed by atoms with Crippen molar-refractivity contribution in [2.75, 3.05) is 19.6 Å². The number of nitriles is 1. The van der Waals surface area contributed by atoms with Crippen LogP contribution in [0.2, 0.25) is 0 Å². The fraction of sp³-hybridized carbons (Fsp3) is 0.545. The Morgan fingerprint density at radius 2 is 2.16 bits per heavy atom. The Balaban J connectivity index is 1.41. The molecule has 4 rings (SSSR count). The van der Waals surface area contributed by atoms with E-state index >= 15 is 0 Å². The summed E-state index contributed by atoms with van der Waals surface area (Å²) in [6.45, 7) is 3.38. The average molecular weight is 425 g/mol. The van der Waals surface area contributed by atoms with Gasteiger partial charge in [-0.15, -0.1) is 0 Å². The van der Waals surface area contributed by atoms with Gasteiger partial charge >= 0.3 is 5.97 Å². The number of carbonyl (C=O) groups is 3.